The van der Waals surface area contributed by atoms with Gasteiger partial charge < -0.3 is 5.11 Å². The van der Waals surface area contributed by atoms with Gasteiger partial charge in [-0.3, -0.25) is 9.56 Å². The molecule has 1 aliphatic heterocycles. The van der Waals surface area contributed by atoms with Crippen LogP contribution >= 0.6 is 0 Å². The zero-order chi connectivity index (χ0) is 16.7. The van der Waals surface area contributed by atoms with E-state index in [2.05, 4.69) is 27.8 Å². The topological polar surface area (TPSA) is 50.4 Å². The molecule has 4 nitrogen and oxygen atoms in total. The molecule has 0 aliphatic carbocycles. The fraction of sp³-hybridized carbons (Fsp3) is 0.200. The second-order valence-corrected chi connectivity index (χ2v) is 6.12. The van der Waals surface area contributed by atoms with Gasteiger partial charge >= 0.3 is 0 Å². The molecule has 1 N–H and O–H groups in total. The van der Waals surface area contributed by atoms with Gasteiger partial charge in [0.1, 0.15) is 5.82 Å². The molecule has 0 radical (unpaired) electrons. The number of fused-ring (bicyclic) bond motifs is 3. The van der Waals surface area contributed by atoms with Gasteiger partial charge in [0, 0.05) is 11.1 Å². The molecule has 0 saturated carbocycles. The number of hydrogen-bond acceptors (Lipinski definition) is 3. The Morgan fingerprint density at radius 3 is 2.67 bits per heavy atom. The molecule has 24 heavy (non-hydrogen) atoms. The SMILES string of the molecule is Cc1ncc2n1-c1ccc(C(C)O)cc1C(c1ccccc1)=NC2. The Morgan fingerprint density at radius 2 is 1.92 bits per heavy atom. The lowest BCUT2D eigenvalue weighted by atomic mass is 9.97. The maximum Gasteiger partial charge on any atom is 0.110 e. The average Bonchev–Trinajstić information content (AvgIpc) is 2.87. The van der Waals surface area contributed by atoms with E-state index >= 15 is 0 Å². The predicted molar refractivity (Wildman–Crippen MR) is 94.7 cm³/mol. The smallest absolute Gasteiger partial charge is 0.110 e. The molecule has 0 spiro atoms. The van der Waals surface area contributed by atoms with Gasteiger partial charge in [-0.25, -0.2) is 4.98 Å². The molecule has 4 rings (SSSR count). The fourth-order valence-corrected chi connectivity index (χ4v) is 3.22. The zero-order valence-corrected chi connectivity index (χ0v) is 13.8. The number of aliphatic hydroxyl groups is 1. The van der Waals surface area contributed by atoms with E-state index in [1.165, 1.54) is 0 Å². The van der Waals surface area contributed by atoms with Crippen molar-refractivity contribution in [2.45, 2.75) is 26.5 Å². The van der Waals surface area contributed by atoms with Crippen LogP contribution in [0.15, 0.2) is 59.7 Å². The van der Waals surface area contributed by atoms with Crippen molar-refractivity contribution < 1.29 is 5.11 Å². The summed E-state index contributed by atoms with van der Waals surface area (Å²) in [5.74, 6) is 0.945. The average molecular weight is 317 g/mol. The molecule has 0 bridgehead atoms. The van der Waals surface area contributed by atoms with Gasteiger partial charge in [0.2, 0.25) is 0 Å². The van der Waals surface area contributed by atoms with Crippen LogP contribution in [0.4, 0.5) is 0 Å². The molecule has 4 heteroatoms. The van der Waals surface area contributed by atoms with Gasteiger partial charge in [-0.2, -0.15) is 0 Å². The molecule has 2 heterocycles. The molecule has 0 amide bonds. The van der Waals surface area contributed by atoms with E-state index in [4.69, 9.17) is 4.99 Å². The van der Waals surface area contributed by atoms with Gasteiger partial charge in [0.25, 0.3) is 0 Å². The number of aromatic nitrogens is 2. The van der Waals surface area contributed by atoms with Crippen molar-refractivity contribution in [2.24, 2.45) is 4.99 Å². The fourth-order valence-electron chi connectivity index (χ4n) is 3.22. The van der Waals surface area contributed by atoms with Crippen LogP contribution in [0.25, 0.3) is 5.69 Å². The highest BCUT2D eigenvalue weighted by Crippen LogP contribution is 2.29. The molecular weight excluding hydrogens is 298 g/mol. The number of aliphatic hydroxyl groups excluding tert-OH is 1. The zero-order valence-electron chi connectivity index (χ0n) is 13.8. The summed E-state index contributed by atoms with van der Waals surface area (Å²) in [6.45, 7) is 4.37. The highest BCUT2D eigenvalue weighted by Gasteiger charge is 2.21. The number of aryl methyl sites for hydroxylation is 1. The van der Waals surface area contributed by atoms with E-state index in [9.17, 15) is 5.11 Å². The summed E-state index contributed by atoms with van der Waals surface area (Å²) in [5.41, 5.74) is 6.08. The number of imidazole rings is 1. The van der Waals surface area contributed by atoms with Gasteiger partial charge in [0.15, 0.2) is 0 Å². The summed E-state index contributed by atoms with van der Waals surface area (Å²) >= 11 is 0. The van der Waals surface area contributed by atoms with Crippen LogP contribution in [0.3, 0.4) is 0 Å². The van der Waals surface area contributed by atoms with Crippen LogP contribution in [0.5, 0.6) is 0 Å². The second kappa shape index (κ2) is 5.73. The Hall–Kier alpha value is -2.72. The Balaban J connectivity index is 2.00. The molecule has 1 aliphatic rings. The minimum atomic E-state index is -0.515. The first-order valence-electron chi connectivity index (χ1n) is 8.11. The third-order valence-corrected chi connectivity index (χ3v) is 4.46. The molecule has 3 aromatic rings. The number of rotatable bonds is 2. The third-order valence-electron chi connectivity index (χ3n) is 4.46. The molecule has 1 unspecified atom stereocenters. The molecule has 1 atom stereocenters. The lowest BCUT2D eigenvalue weighted by Crippen LogP contribution is -2.09. The summed E-state index contributed by atoms with van der Waals surface area (Å²) in [6.07, 6.45) is 1.37. The first-order chi connectivity index (χ1) is 11.6. The van der Waals surface area contributed by atoms with E-state index in [1.54, 1.807) is 6.92 Å². The van der Waals surface area contributed by atoms with E-state index < -0.39 is 6.10 Å². The number of benzene rings is 2. The van der Waals surface area contributed by atoms with Crippen molar-refractivity contribution in [2.75, 3.05) is 0 Å². The maximum atomic E-state index is 10.0. The first-order valence-corrected chi connectivity index (χ1v) is 8.11. The summed E-state index contributed by atoms with van der Waals surface area (Å²) in [6, 6.07) is 16.3. The van der Waals surface area contributed by atoms with Crippen LogP contribution in [0, 0.1) is 6.92 Å². The van der Waals surface area contributed by atoms with Crippen molar-refractivity contribution in [3.05, 3.63) is 82.9 Å². The lowest BCUT2D eigenvalue weighted by Gasteiger charge is -2.16. The number of hydrogen-bond donors (Lipinski definition) is 1. The van der Waals surface area contributed by atoms with Gasteiger partial charge in [-0.05, 0) is 31.5 Å². The van der Waals surface area contributed by atoms with Crippen LogP contribution in [-0.2, 0) is 6.54 Å². The first kappa shape index (κ1) is 14.8. The maximum absolute atomic E-state index is 10.0. The van der Waals surface area contributed by atoms with Gasteiger partial charge in [-0.1, -0.05) is 36.4 Å². The molecule has 0 saturated heterocycles. The number of nitrogens with zero attached hydrogens (tertiary/aromatic N) is 3. The normalized spacial score (nSPS) is 14.4. The van der Waals surface area contributed by atoms with Crippen LogP contribution in [0.1, 0.15) is 41.2 Å². The predicted octanol–water partition coefficient (Wildman–Crippen LogP) is 3.59. The number of aliphatic imine (C=N–C) groups is 1. The van der Waals surface area contributed by atoms with Crippen molar-refractivity contribution in [3.63, 3.8) is 0 Å². The summed E-state index contributed by atoms with van der Waals surface area (Å²) in [7, 11) is 0. The summed E-state index contributed by atoms with van der Waals surface area (Å²) < 4.78 is 2.15. The standard InChI is InChI=1S/C20H19N3O/c1-13(24)16-8-9-19-18(10-16)20(15-6-4-3-5-7-15)22-12-17-11-21-14(2)23(17)19/h3-11,13,24H,12H2,1-2H3. The Kier molecular flexibility index (Phi) is 3.54. The third kappa shape index (κ3) is 2.36. The Morgan fingerprint density at radius 1 is 1.12 bits per heavy atom. The monoisotopic (exact) mass is 317 g/mol. The van der Waals surface area contributed by atoms with E-state index in [-0.39, 0.29) is 0 Å². The lowest BCUT2D eigenvalue weighted by molar-refractivity contribution is 0.199. The largest absolute Gasteiger partial charge is 0.389 e. The Labute approximate surface area is 141 Å². The molecule has 1 aromatic heterocycles. The molecule has 120 valence electrons. The second-order valence-electron chi connectivity index (χ2n) is 6.12. The van der Waals surface area contributed by atoms with E-state index in [1.807, 2.05) is 43.5 Å². The van der Waals surface area contributed by atoms with Gasteiger partial charge in [-0.15, -0.1) is 0 Å². The van der Waals surface area contributed by atoms with Crippen molar-refractivity contribution >= 4 is 5.71 Å². The quantitative estimate of drug-likeness (QED) is 0.785. The molecular formula is C20H19N3O. The highest BCUT2D eigenvalue weighted by atomic mass is 16.3. The Bertz CT molecular complexity index is 923. The van der Waals surface area contributed by atoms with E-state index in [0.29, 0.717) is 6.54 Å². The summed E-state index contributed by atoms with van der Waals surface area (Å²) in [5, 5.41) is 10.0. The van der Waals surface area contributed by atoms with Crippen LogP contribution < -0.4 is 0 Å². The van der Waals surface area contributed by atoms with E-state index in [0.717, 1.165) is 39.6 Å². The van der Waals surface area contributed by atoms with Gasteiger partial charge in [0.05, 0.1) is 35.9 Å². The van der Waals surface area contributed by atoms with Crippen LogP contribution in [0.2, 0.25) is 0 Å². The van der Waals surface area contributed by atoms with Crippen molar-refractivity contribution in [1.82, 2.24) is 9.55 Å². The highest BCUT2D eigenvalue weighted by molar-refractivity contribution is 6.15. The minimum absolute atomic E-state index is 0.515. The van der Waals surface area contributed by atoms with Crippen molar-refractivity contribution in [1.29, 1.82) is 0 Å². The molecule has 0 fully saturated rings. The van der Waals surface area contributed by atoms with Crippen molar-refractivity contribution in [3.8, 4) is 5.69 Å². The molecule has 2 aromatic carbocycles. The van der Waals surface area contributed by atoms with Crippen LogP contribution in [-0.4, -0.2) is 20.4 Å². The summed E-state index contributed by atoms with van der Waals surface area (Å²) in [4.78, 5) is 9.30. The minimum Gasteiger partial charge on any atom is -0.389 e.